The van der Waals surface area contributed by atoms with Gasteiger partial charge in [-0.1, -0.05) is 66.4 Å². The minimum Gasteiger partial charge on any atom is -0.356 e. The van der Waals surface area contributed by atoms with E-state index in [2.05, 4.69) is 35.3 Å². The molecule has 0 aliphatic carbocycles. The van der Waals surface area contributed by atoms with E-state index < -0.39 is 0 Å². The van der Waals surface area contributed by atoms with Crippen LogP contribution in [-0.2, 0) is 11.3 Å². The summed E-state index contributed by atoms with van der Waals surface area (Å²) in [5.41, 5.74) is 3.03. The number of nitrogens with zero attached hydrogens (tertiary/aromatic N) is 1. The fourth-order valence-electron chi connectivity index (χ4n) is 3.16. The Morgan fingerprint density at radius 1 is 0.889 bits per heavy atom. The van der Waals surface area contributed by atoms with Gasteiger partial charge in [-0.25, -0.2) is 0 Å². The highest BCUT2D eigenvalue weighted by Gasteiger charge is 2.18. The number of anilines is 1. The summed E-state index contributed by atoms with van der Waals surface area (Å²) in [5.74, 6) is 0.0236. The molecule has 0 aliphatic rings. The molecule has 0 fully saturated rings. The van der Waals surface area contributed by atoms with Crippen LogP contribution in [0.5, 0.6) is 0 Å². The van der Waals surface area contributed by atoms with Crippen LogP contribution in [0, 0.1) is 0 Å². The number of para-hydroxylation sites is 2. The first kappa shape index (κ1) is 17.4. The van der Waals surface area contributed by atoms with Gasteiger partial charge in [-0.2, -0.15) is 0 Å². The minimum absolute atomic E-state index is 0.0236. The molecule has 0 atom stereocenters. The largest absolute Gasteiger partial charge is 0.356 e. The molecule has 1 N–H and O–H groups in total. The van der Waals surface area contributed by atoms with Crippen LogP contribution >= 0.6 is 11.8 Å². The molecule has 1 amide bonds. The maximum Gasteiger partial charge on any atom is 0.224 e. The third-order valence-corrected chi connectivity index (χ3v) is 5.64. The highest BCUT2D eigenvalue weighted by Crippen LogP contribution is 2.37. The first-order valence-electron chi connectivity index (χ1n) is 8.88. The van der Waals surface area contributed by atoms with Crippen molar-refractivity contribution in [3.05, 3.63) is 90.6 Å². The molecule has 0 saturated carbocycles. The molecule has 134 valence electrons. The molecule has 0 bridgehead atoms. The summed E-state index contributed by atoms with van der Waals surface area (Å²) in [5, 5.41) is 1.18. The number of nitrogens with one attached hydrogen (secondary N) is 1. The number of H-pyrrole nitrogens is 1. The zero-order valence-electron chi connectivity index (χ0n) is 15.1. The van der Waals surface area contributed by atoms with Crippen molar-refractivity contribution in [3.63, 3.8) is 0 Å². The maximum absolute atomic E-state index is 12.3. The summed E-state index contributed by atoms with van der Waals surface area (Å²) in [6.45, 7) is 2.11. The number of carbonyl (C=O) groups excluding carboxylic acids is 1. The van der Waals surface area contributed by atoms with Gasteiger partial charge in [0, 0.05) is 33.3 Å². The van der Waals surface area contributed by atoms with Gasteiger partial charge < -0.3 is 9.88 Å². The van der Waals surface area contributed by atoms with Gasteiger partial charge in [-0.05, 0) is 30.3 Å². The van der Waals surface area contributed by atoms with Crippen LogP contribution in [0.4, 0.5) is 5.69 Å². The number of aromatic amines is 1. The Labute approximate surface area is 163 Å². The number of rotatable bonds is 5. The number of hydrogen-bond acceptors (Lipinski definition) is 2. The molecule has 4 rings (SSSR count). The van der Waals surface area contributed by atoms with Crippen LogP contribution in [0.3, 0.4) is 0 Å². The average Bonchev–Trinajstić information content (AvgIpc) is 3.05. The molecular weight excluding hydrogens is 352 g/mol. The summed E-state index contributed by atoms with van der Waals surface area (Å²) in [6.07, 6.45) is 0. The van der Waals surface area contributed by atoms with Crippen LogP contribution < -0.4 is 4.90 Å². The molecule has 1 heterocycles. The summed E-state index contributed by atoms with van der Waals surface area (Å²) in [6, 6.07) is 28.4. The van der Waals surface area contributed by atoms with Crippen LogP contribution in [0.2, 0.25) is 0 Å². The van der Waals surface area contributed by atoms with E-state index in [4.69, 9.17) is 0 Å². The highest BCUT2D eigenvalue weighted by atomic mass is 32.2. The molecule has 0 unspecified atom stereocenters. The Balaban J connectivity index is 1.76. The van der Waals surface area contributed by atoms with Crippen molar-refractivity contribution >= 4 is 34.3 Å². The van der Waals surface area contributed by atoms with Crippen molar-refractivity contribution in [3.8, 4) is 0 Å². The second kappa shape index (κ2) is 7.72. The Hall–Kier alpha value is -2.98. The van der Waals surface area contributed by atoms with Gasteiger partial charge in [-0.15, -0.1) is 0 Å². The van der Waals surface area contributed by atoms with Gasteiger partial charge in [0.2, 0.25) is 5.91 Å². The number of amides is 1. The lowest BCUT2D eigenvalue weighted by atomic mass is 10.2. The van der Waals surface area contributed by atoms with Gasteiger partial charge in [0.15, 0.2) is 0 Å². The van der Waals surface area contributed by atoms with Crippen molar-refractivity contribution in [1.82, 2.24) is 4.98 Å². The topological polar surface area (TPSA) is 36.1 Å². The predicted octanol–water partition coefficient (Wildman–Crippen LogP) is 5.87. The molecule has 3 aromatic carbocycles. The van der Waals surface area contributed by atoms with Crippen molar-refractivity contribution in [2.24, 2.45) is 0 Å². The van der Waals surface area contributed by atoms with Gasteiger partial charge in [-0.3, -0.25) is 4.79 Å². The summed E-state index contributed by atoms with van der Waals surface area (Å²) >= 11 is 1.73. The molecule has 4 heteroatoms. The second-order valence-electron chi connectivity index (χ2n) is 6.33. The van der Waals surface area contributed by atoms with Crippen LogP contribution in [0.1, 0.15) is 12.6 Å². The minimum atomic E-state index is 0.0236. The average molecular weight is 372 g/mol. The number of aromatic nitrogens is 1. The summed E-state index contributed by atoms with van der Waals surface area (Å²) in [4.78, 5) is 20.0. The predicted molar refractivity (Wildman–Crippen MR) is 112 cm³/mol. The first-order valence-corrected chi connectivity index (χ1v) is 9.69. The molecule has 1 aromatic heterocycles. The lowest BCUT2D eigenvalue weighted by molar-refractivity contribution is -0.116. The van der Waals surface area contributed by atoms with E-state index >= 15 is 0 Å². The first-order chi connectivity index (χ1) is 13.2. The third-order valence-electron chi connectivity index (χ3n) is 4.46. The summed E-state index contributed by atoms with van der Waals surface area (Å²) < 4.78 is 0. The van der Waals surface area contributed by atoms with Crippen molar-refractivity contribution < 1.29 is 4.79 Å². The lowest BCUT2D eigenvalue weighted by Gasteiger charge is -2.21. The highest BCUT2D eigenvalue weighted by molar-refractivity contribution is 7.99. The Bertz CT molecular complexity index is 1060. The molecule has 4 aromatic rings. The van der Waals surface area contributed by atoms with Crippen molar-refractivity contribution in [2.75, 3.05) is 4.90 Å². The molecule has 0 radical (unpaired) electrons. The Morgan fingerprint density at radius 3 is 2.22 bits per heavy atom. The van der Waals surface area contributed by atoms with Crippen LogP contribution in [0.15, 0.2) is 94.7 Å². The third kappa shape index (κ3) is 3.76. The van der Waals surface area contributed by atoms with Gasteiger partial charge in [0.1, 0.15) is 0 Å². The lowest BCUT2D eigenvalue weighted by Crippen LogP contribution is -2.28. The van der Waals surface area contributed by atoms with E-state index in [1.165, 1.54) is 15.2 Å². The van der Waals surface area contributed by atoms with Crippen molar-refractivity contribution in [2.45, 2.75) is 23.3 Å². The molecule has 0 saturated heterocycles. The second-order valence-corrected chi connectivity index (χ2v) is 7.42. The number of hydrogen-bond donors (Lipinski definition) is 1. The van der Waals surface area contributed by atoms with Gasteiger partial charge in [0.25, 0.3) is 0 Å². The van der Waals surface area contributed by atoms with E-state index in [0.717, 1.165) is 16.9 Å². The zero-order valence-corrected chi connectivity index (χ0v) is 15.9. The van der Waals surface area contributed by atoms with E-state index in [0.29, 0.717) is 6.54 Å². The van der Waals surface area contributed by atoms with Crippen LogP contribution in [0.25, 0.3) is 10.9 Å². The summed E-state index contributed by atoms with van der Waals surface area (Å²) in [7, 11) is 0. The maximum atomic E-state index is 12.3. The Morgan fingerprint density at radius 2 is 1.52 bits per heavy atom. The number of benzene rings is 3. The number of fused-ring (bicyclic) bond motifs is 1. The Kier molecular flexibility index (Phi) is 4.99. The normalized spacial score (nSPS) is 10.9. The van der Waals surface area contributed by atoms with Gasteiger partial charge >= 0.3 is 0 Å². The van der Waals surface area contributed by atoms with E-state index in [1.54, 1.807) is 23.6 Å². The monoisotopic (exact) mass is 372 g/mol. The van der Waals surface area contributed by atoms with E-state index in [-0.39, 0.29) is 5.91 Å². The molecule has 0 spiro atoms. The van der Waals surface area contributed by atoms with E-state index in [1.807, 2.05) is 54.6 Å². The smallest absolute Gasteiger partial charge is 0.224 e. The van der Waals surface area contributed by atoms with Crippen molar-refractivity contribution in [1.29, 1.82) is 0 Å². The molecule has 0 aliphatic heterocycles. The number of carbonyl (C=O) groups is 1. The molecule has 27 heavy (non-hydrogen) atoms. The molecule has 3 nitrogen and oxygen atoms in total. The van der Waals surface area contributed by atoms with Gasteiger partial charge in [0.05, 0.1) is 12.2 Å². The van der Waals surface area contributed by atoms with E-state index in [9.17, 15) is 4.79 Å². The van der Waals surface area contributed by atoms with Crippen LogP contribution in [-0.4, -0.2) is 10.9 Å². The zero-order chi connectivity index (χ0) is 18.6. The molecular formula is C23H20N2OS. The fraction of sp³-hybridized carbons (Fsp3) is 0.0870. The fourth-order valence-corrected chi connectivity index (χ4v) is 4.21. The SMILES string of the molecule is CC(=O)N(Cc1[nH]c2ccccc2c1Sc1ccccc1)c1ccccc1. The standard InChI is InChI=1S/C23H20N2OS/c1-17(26)25(18-10-4-2-5-11-18)16-22-23(27-19-12-6-3-7-13-19)20-14-8-9-15-21(20)24-22/h2-15,24H,16H2,1H3. The quantitative estimate of drug-likeness (QED) is 0.475.